The maximum absolute atomic E-state index is 12.7. The average Bonchev–Trinajstić information content (AvgIpc) is 3.15. The second-order valence-electron chi connectivity index (χ2n) is 7.21. The lowest BCUT2D eigenvalue weighted by atomic mass is 10.1. The number of fused-ring (bicyclic) bond motifs is 1. The Kier molecular flexibility index (Phi) is 6.37. The quantitative estimate of drug-likeness (QED) is 0.755. The van der Waals surface area contributed by atoms with Gasteiger partial charge >= 0.3 is 0 Å². The Morgan fingerprint density at radius 3 is 2.55 bits per heavy atom. The number of amides is 2. The Bertz CT molecular complexity index is 1000. The van der Waals surface area contributed by atoms with Crippen LogP contribution in [-0.2, 0) is 25.8 Å². The van der Waals surface area contributed by atoms with Gasteiger partial charge < -0.3 is 10.2 Å². The van der Waals surface area contributed by atoms with Gasteiger partial charge in [0.25, 0.3) is 0 Å². The van der Waals surface area contributed by atoms with Gasteiger partial charge in [0.05, 0.1) is 16.7 Å². The van der Waals surface area contributed by atoms with Crippen molar-refractivity contribution in [3.05, 3.63) is 59.7 Å². The van der Waals surface area contributed by atoms with Crippen LogP contribution in [0.5, 0.6) is 0 Å². The third kappa shape index (κ3) is 4.85. The van der Waals surface area contributed by atoms with E-state index in [2.05, 4.69) is 5.32 Å². The first-order valence-electron chi connectivity index (χ1n) is 9.82. The second kappa shape index (κ2) is 8.78. The van der Waals surface area contributed by atoms with Crippen molar-refractivity contribution in [1.82, 2.24) is 5.32 Å². The Hall–Kier alpha value is -2.67. The highest BCUT2D eigenvalue weighted by molar-refractivity contribution is 7.91. The molecule has 2 aromatic carbocycles. The minimum Gasteiger partial charge on any atom is -0.350 e. The van der Waals surface area contributed by atoms with Crippen molar-refractivity contribution in [2.24, 2.45) is 0 Å². The van der Waals surface area contributed by atoms with Gasteiger partial charge in [0.2, 0.25) is 11.8 Å². The predicted octanol–water partition coefficient (Wildman–Crippen LogP) is 3.03. The largest absolute Gasteiger partial charge is 0.350 e. The molecular formula is C22H26N2O4S. The molecule has 0 saturated heterocycles. The standard InChI is InChI=1S/C22H26N2O4S/c1-3-22(26)24-13-11-18-15-19(9-10-20(18)24)29(27,28)14-12-21(25)23-16(2)17-7-5-4-6-8-17/h4-10,15-16H,3,11-14H2,1-2H3,(H,23,25). The molecule has 6 nitrogen and oxygen atoms in total. The first-order valence-corrected chi connectivity index (χ1v) is 11.5. The highest BCUT2D eigenvalue weighted by Crippen LogP contribution is 2.31. The van der Waals surface area contributed by atoms with Crippen LogP contribution >= 0.6 is 0 Å². The molecule has 0 spiro atoms. The van der Waals surface area contributed by atoms with Gasteiger partial charge in [0, 0.05) is 25.1 Å². The van der Waals surface area contributed by atoms with E-state index >= 15 is 0 Å². The van der Waals surface area contributed by atoms with Gasteiger partial charge in [-0.3, -0.25) is 9.59 Å². The van der Waals surface area contributed by atoms with Crippen LogP contribution in [0.15, 0.2) is 53.4 Å². The van der Waals surface area contributed by atoms with Crippen LogP contribution in [0.1, 0.15) is 43.9 Å². The van der Waals surface area contributed by atoms with E-state index in [4.69, 9.17) is 0 Å². The highest BCUT2D eigenvalue weighted by atomic mass is 32.2. The molecule has 7 heteroatoms. The SMILES string of the molecule is CCC(=O)N1CCc2cc(S(=O)(=O)CCC(=O)NC(C)c3ccccc3)ccc21. The van der Waals surface area contributed by atoms with Crippen LogP contribution in [-0.4, -0.2) is 32.5 Å². The number of hydrogen-bond donors (Lipinski definition) is 1. The van der Waals surface area contributed by atoms with Crippen LogP contribution < -0.4 is 10.2 Å². The molecule has 1 unspecified atom stereocenters. The number of benzene rings is 2. The monoisotopic (exact) mass is 414 g/mol. The minimum absolute atomic E-state index is 0.0311. The lowest BCUT2D eigenvalue weighted by Crippen LogP contribution is -2.28. The number of nitrogens with one attached hydrogen (secondary N) is 1. The normalized spacial score (nSPS) is 14.3. The third-order valence-corrected chi connectivity index (χ3v) is 6.90. The Morgan fingerprint density at radius 2 is 1.86 bits per heavy atom. The summed E-state index contributed by atoms with van der Waals surface area (Å²) in [5, 5.41) is 2.84. The molecule has 3 rings (SSSR count). The third-order valence-electron chi connectivity index (χ3n) is 5.18. The fourth-order valence-electron chi connectivity index (χ4n) is 3.51. The summed E-state index contributed by atoms with van der Waals surface area (Å²) in [6.07, 6.45) is 0.951. The Balaban J connectivity index is 1.63. The van der Waals surface area contributed by atoms with E-state index < -0.39 is 9.84 Å². The molecule has 0 bridgehead atoms. The van der Waals surface area contributed by atoms with Crippen molar-refractivity contribution in [3.63, 3.8) is 0 Å². The van der Waals surface area contributed by atoms with Crippen LogP contribution in [0.25, 0.3) is 0 Å². The summed E-state index contributed by atoms with van der Waals surface area (Å²) in [5.74, 6) is -0.522. The summed E-state index contributed by atoms with van der Waals surface area (Å²) in [6, 6.07) is 14.2. The molecule has 154 valence electrons. The summed E-state index contributed by atoms with van der Waals surface area (Å²) >= 11 is 0. The van der Waals surface area contributed by atoms with Crippen LogP contribution in [0.3, 0.4) is 0 Å². The Labute approximate surface area is 171 Å². The highest BCUT2D eigenvalue weighted by Gasteiger charge is 2.26. The second-order valence-corrected chi connectivity index (χ2v) is 9.32. The molecule has 0 radical (unpaired) electrons. The summed E-state index contributed by atoms with van der Waals surface area (Å²) < 4.78 is 25.4. The Morgan fingerprint density at radius 1 is 1.14 bits per heavy atom. The summed E-state index contributed by atoms with van der Waals surface area (Å²) in [4.78, 5) is 26.1. The minimum atomic E-state index is -3.58. The van der Waals surface area contributed by atoms with E-state index in [1.807, 2.05) is 44.2 Å². The van der Waals surface area contributed by atoms with Crippen molar-refractivity contribution in [2.45, 2.75) is 44.0 Å². The topological polar surface area (TPSA) is 83.6 Å². The van der Waals surface area contributed by atoms with Crippen LogP contribution in [0.4, 0.5) is 5.69 Å². The van der Waals surface area contributed by atoms with Gasteiger partial charge in [0.1, 0.15) is 0 Å². The molecule has 29 heavy (non-hydrogen) atoms. The van der Waals surface area contributed by atoms with Crippen LogP contribution in [0.2, 0.25) is 0 Å². The summed E-state index contributed by atoms with van der Waals surface area (Å²) in [5.41, 5.74) is 2.61. The number of nitrogens with zero attached hydrogens (tertiary/aromatic N) is 1. The molecule has 1 aliphatic heterocycles. The lowest BCUT2D eigenvalue weighted by molar-refractivity contribution is -0.121. The zero-order valence-electron chi connectivity index (χ0n) is 16.7. The van der Waals surface area contributed by atoms with Crippen molar-refractivity contribution in [1.29, 1.82) is 0 Å². The molecule has 2 amide bonds. The van der Waals surface area contributed by atoms with Gasteiger partial charge in [-0.2, -0.15) is 0 Å². The fourth-order valence-corrected chi connectivity index (χ4v) is 4.79. The van der Waals surface area contributed by atoms with E-state index in [1.165, 1.54) is 6.07 Å². The lowest BCUT2D eigenvalue weighted by Gasteiger charge is -2.16. The summed E-state index contributed by atoms with van der Waals surface area (Å²) in [7, 11) is -3.58. The van der Waals surface area contributed by atoms with E-state index in [0.717, 1.165) is 16.8 Å². The molecule has 0 aliphatic carbocycles. The zero-order valence-corrected chi connectivity index (χ0v) is 17.5. The number of rotatable bonds is 7. The first kappa shape index (κ1) is 21.0. The molecule has 1 heterocycles. The van der Waals surface area contributed by atoms with Crippen molar-refractivity contribution in [2.75, 3.05) is 17.2 Å². The molecule has 0 saturated carbocycles. The van der Waals surface area contributed by atoms with Gasteiger partial charge in [-0.1, -0.05) is 37.3 Å². The number of carbonyl (C=O) groups excluding carboxylic acids is 2. The molecule has 2 aromatic rings. The maximum atomic E-state index is 12.7. The average molecular weight is 415 g/mol. The number of anilines is 1. The molecule has 0 fully saturated rings. The fraction of sp³-hybridized carbons (Fsp3) is 0.364. The van der Waals surface area contributed by atoms with Gasteiger partial charge in [0.15, 0.2) is 9.84 Å². The van der Waals surface area contributed by atoms with E-state index in [1.54, 1.807) is 17.0 Å². The van der Waals surface area contributed by atoms with Crippen molar-refractivity contribution >= 4 is 27.3 Å². The molecular weight excluding hydrogens is 388 g/mol. The molecule has 1 atom stereocenters. The predicted molar refractivity (Wildman–Crippen MR) is 112 cm³/mol. The van der Waals surface area contributed by atoms with Crippen molar-refractivity contribution in [3.8, 4) is 0 Å². The van der Waals surface area contributed by atoms with E-state index in [9.17, 15) is 18.0 Å². The summed E-state index contributed by atoms with van der Waals surface area (Å²) in [6.45, 7) is 4.25. The number of sulfone groups is 1. The van der Waals surface area contributed by atoms with Gasteiger partial charge in [-0.25, -0.2) is 8.42 Å². The first-order chi connectivity index (χ1) is 13.8. The molecule has 1 aliphatic rings. The van der Waals surface area contributed by atoms with Gasteiger partial charge in [-0.05, 0) is 42.7 Å². The molecule has 1 N–H and O–H groups in total. The van der Waals surface area contributed by atoms with E-state index in [0.29, 0.717) is 19.4 Å². The zero-order chi connectivity index (χ0) is 21.0. The number of carbonyl (C=O) groups is 2. The van der Waals surface area contributed by atoms with E-state index in [-0.39, 0.29) is 34.9 Å². The molecule has 0 aromatic heterocycles. The maximum Gasteiger partial charge on any atom is 0.226 e. The van der Waals surface area contributed by atoms with Gasteiger partial charge in [-0.15, -0.1) is 0 Å². The smallest absolute Gasteiger partial charge is 0.226 e. The number of hydrogen-bond acceptors (Lipinski definition) is 4. The van der Waals surface area contributed by atoms with Crippen molar-refractivity contribution < 1.29 is 18.0 Å². The van der Waals surface area contributed by atoms with Crippen LogP contribution in [0, 0.1) is 0 Å².